The van der Waals surface area contributed by atoms with Gasteiger partial charge in [0.05, 0.1) is 13.2 Å². The molecule has 0 radical (unpaired) electrons. The SMILES string of the molecule is c1ccc(-c2cccc(CCOCCc3cccc(-c4ccccc4)c3)c2)cc1. The third-order valence-corrected chi connectivity index (χ3v) is 5.14. The van der Waals surface area contributed by atoms with Crippen molar-refractivity contribution in [1.29, 1.82) is 0 Å². The lowest BCUT2D eigenvalue weighted by molar-refractivity contribution is 0.140. The summed E-state index contributed by atoms with van der Waals surface area (Å²) in [6, 6.07) is 38.5. The summed E-state index contributed by atoms with van der Waals surface area (Å²) in [5.41, 5.74) is 7.68. The summed E-state index contributed by atoms with van der Waals surface area (Å²) in [4.78, 5) is 0. The number of hydrogen-bond donors (Lipinski definition) is 0. The van der Waals surface area contributed by atoms with Gasteiger partial charge in [0.25, 0.3) is 0 Å². The molecule has 4 aromatic rings. The minimum atomic E-state index is 0.747. The van der Waals surface area contributed by atoms with Gasteiger partial charge in [0.2, 0.25) is 0 Å². The molecule has 1 nitrogen and oxygen atoms in total. The maximum Gasteiger partial charge on any atom is 0.0506 e. The van der Waals surface area contributed by atoms with E-state index >= 15 is 0 Å². The maximum atomic E-state index is 5.93. The van der Waals surface area contributed by atoms with Gasteiger partial charge in [-0.1, -0.05) is 109 Å². The van der Waals surface area contributed by atoms with Crippen LogP contribution >= 0.6 is 0 Å². The van der Waals surface area contributed by atoms with Crippen LogP contribution in [0.4, 0.5) is 0 Å². The molecule has 0 aliphatic carbocycles. The second-order valence-corrected chi connectivity index (χ2v) is 7.25. The summed E-state index contributed by atoms with van der Waals surface area (Å²) < 4.78 is 5.93. The molecule has 0 aliphatic heterocycles. The summed E-state index contributed by atoms with van der Waals surface area (Å²) in [5.74, 6) is 0. The Morgan fingerprint density at radius 2 is 0.828 bits per heavy atom. The zero-order chi connectivity index (χ0) is 19.7. The van der Waals surface area contributed by atoms with Crippen LogP contribution < -0.4 is 0 Å². The standard InChI is InChI=1S/C28H26O/c1-3-11-25(12-4-1)27-15-7-9-23(21-27)17-19-29-20-18-24-10-8-16-28(22-24)26-13-5-2-6-14-26/h1-16,21-22H,17-20H2. The lowest BCUT2D eigenvalue weighted by atomic mass is 10.0. The molecule has 0 aromatic heterocycles. The van der Waals surface area contributed by atoms with Gasteiger partial charge in [-0.2, -0.15) is 0 Å². The van der Waals surface area contributed by atoms with Crippen molar-refractivity contribution in [3.8, 4) is 22.3 Å². The van der Waals surface area contributed by atoms with Crippen LogP contribution in [0, 0.1) is 0 Å². The molecule has 1 heteroatoms. The largest absolute Gasteiger partial charge is 0.381 e. The molecular formula is C28H26O. The Morgan fingerprint density at radius 1 is 0.414 bits per heavy atom. The molecule has 0 amide bonds. The summed E-state index contributed by atoms with van der Waals surface area (Å²) >= 11 is 0. The van der Waals surface area contributed by atoms with Gasteiger partial charge in [-0.15, -0.1) is 0 Å². The van der Waals surface area contributed by atoms with Crippen LogP contribution in [0.2, 0.25) is 0 Å². The van der Waals surface area contributed by atoms with Gasteiger partial charge in [0.15, 0.2) is 0 Å². The zero-order valence-corrected chi connectivity index (χ0v) is 16.6. The van der Waals surface area contributed by atoms with Crippen molar-refractivity contribution >= 4 is 0 Å². The van der Waals surface area contributed by atoms with Crippen LogP contribution in [0.5, 0.6) is 0 Å². The van der Waals surface area contributed by atoms with E-state index in [0.29, 0.717) is 0 Å². The van der Waals surface area contributed by atoms with Gasteiger partial charge in [0, 0.05) is 0 Å². The number of hydrogen-bond acceptors (Lipinski definition) is 1. The minimum absolute atomic E-state index is 0.747. The van der Waals surface area contributed by atoms with Gasteiger partial charge >= 0.3 is 0 Å². The minimum Gasteiger partial charge on any atom is -0.381 e. The molecule has 0 unspecified atom stereocenters. The molecule has 29 heavy (non-hydrogen) atoms. The van der Waals surface area contributed by atoms with Crippen LogP contribution in [0.1, 0.15) is 11.1 Å². The van der Waals surface area contributed by atoms with Crippen molar-refractivity contribution in [3.63, 3.8) is 0 Å². The predicted octanol–water partition coefficient (Wildman–Crippen LogP) is 6.82. The quantitative estimate of drug-likeness (QED) is 0.306. The fraction of sp³-hybridized carbons (Fsp3) is 0.143. The zero-order valence-electron chi connectivity index (χ0n) is 16.6. The van der Waals surface area contributed by atoms with E-state index < -0.39 is 0 Å². The molecule has 0 saturated carbocycles. The second kappa shape index (κ2) is 9.86. The Morgan fingerprint density at radius 3 is 1.28 bits per heavy atom. The highest BCUT2D eigenvalue weighted by Gasteiger charge is 2.01. The van der Waals surface area contributed by atoms with E-state index in [1.165, 1.54) is 33.4 Å². The number of ether oxygens (including phenoxy) is 1. The average Bonchev–Trinajstić information content (AvgIpc) is 2.80. The Hall–Kier alpha value is -3.16. The topological polar surface area (TPSA) is 9.23 Å². The normalized spacial score (nSPS) is 10.8. The van der Waals surface area contributed by atoms with Gasteiger partial charge in [-0.3, -0.25) is 0 Å². The van der Waals surface area contributed by atoms with E-state index in [9.17, 15) is 0 Å². The van der Waals surface area contributed by atoms with Crippen LogP contribution in [0.3, 0.4) is 0 Å². The Bertz CT molecular complexity index is 937. The number of benzene rings is 4. The number of rotatable bonds is 8. The molecule has 0 atom stereocenters. The van der Waals surface area contributed by atoms with Crippen molar-refractivity contribution in [3.05, 3.63) is 120 Å². The van der Waals surface area contributed by atoms with E-state index in [0.717, 1.165) is 26.1 Å². The van der Waals surface area contributed by atoms with Gasteiger partial charge < -0.3 is 4.74 Å². The highest BCUT2D eigenvalue weighted by molar-refractivity contribution is 5.64. The van der Waals surface area contributed by atoms with E-state index in [1.807, 2.05) is 0 Å². The van der Waals surface area contributed by atoms with Crippen molar-refractivity contribution in [2.45, 2.75) is 12.8 Å². The fourth-order valence-corrected chi connectivity index (χ4v) is 3.56. The lowest BCUT2D eigenvalue weighted by Crippen LogP contribution is -2.03. The van der Waals surface area contributed by atoms with Crippen molar-refractivity contribution in [2.75, 3.05) is 13.2 Å². The molecule has 0 spiro atoms. The molecule has 0 fully saturated rings. The summed E-state index contributed by atoms with van der Waals surface area (Å²) in [6.07, 6.45) is 1.87. The lowest BCUT2D eigenvalue weighted by Gasteiger charge is -2.08. The van der Waals surface area contributed by atoms with E-state index in [-0.39, 0.29) is 0 Å². The molecule has 144 valence electrons. The monoisotopic (exact) mass is 378 g/mol. The van der Waals surface area contributed by atoms with Crippen LogP contribution in [0.25, 0.3) is 22.3 Å². The second-order valence-electron chi connectivity index (χ2n) is 7.25. The molecule has 0 saturated heterocycles. The van der Waals surface area contributed by atoms with E-state index in [4.69, 9.17) is 4.74 Å². The third-order valence-electron chi connectivity index (χ3n) is 5.14. The maximum absolute atomic E-state index is 5.93. The molecule has 0 bridgehead atoms. The van der Waals surface area contributed by atoms with Crippen molar-refractivity contribution in [2.24, 2.45) is 0 Å². The first-order valence-electron chi connectivity index (χ1n) is 10.2. The smallest absolute Gasteiger partial charge is 0.0506 e. The third kappa shape index (κ3) is 5.43. The Balaban J connectivity index is 1.27. The summed E-state index contributed by atoms with van der Waals surface area (Å²) in [7, 11) is 0. The average molecular weight is 379 g/mol. The van der Waals surface area contributed by atoms with Gasteiger partial charge in [0.1, 0.15) is 0 Å². The Kier molecular flexibility index (Phi) is 6.52. The highest BCUT2D eigenvalue weighted by atomic mass is 16.5. The molecule has 0 heterocycles. The fourth-order valence-electron chi connectivity index (χ4n) is 3.56. The first kappa shape index (κ1) is 19.2. The van der Waals surface area contributed by atoms with E-state index in [2.05, 4.69) is 109 Å². The molecule has 0 aliphatic rings. The van der Waals surface area contributed by atoms with Gasteiger partial charge in [-0.05, 0) is 46.2 Å². The Labute approximate surface area is 173 Å². The van der Waals surface area contributed by atoms with Crippen LogP contribution in [-0.4, -0.2) is 13.2 Å². The summed E-state index contributed by atoms with van der Waals surface area (Å²) in [6.45, 7) is 1.49. The first-order chi connectivity index (χ1) is 14.4. The molecule has 0 N–H and O–H groups in total. The predicted molar refractivity (Wildman–Crippen MR) is 122 cm³/mol. The first-order valence-corrected chi connectivity index (χ1v) is 10.2. The van der Waals surface area contributed by atoms with Crippen LogP contribution in [0.15, 0.2) is 109 Å². The van der Waals surface area contributed by atoms with Gasteiger partial charge in [-0.25, -0.2) is 0 Å². The van der Waals surface area contributed by atoms with Crippen molar-refractivity contribution < 1.29 is 4.74 Å². The molecule has 4 rings (SSSR count). The van der Waals surface area contributed by atoms with Crippen LogP contribution in [-0.2, 0) is 17.6 Å². The molecule has 4 aromatic carbocycles. The molecular weight excluding hydrogens is 352 g/mol. The van der Waals surface area contributed by atoms with Crippen molar-refractivity contribution in [1.82, 2.24) is 0 Å². The van der Waals surface area contributed by atoms with E-state index in [1.54, 1.807) is 0 Å². The highest BCUT2D eigenvalue weighted by Crippen LogP contribution is 2.21. The summed E-state index contributed by atoms with van der Waals surface area (Å²) in [5, 5.41) is 0.